The van der Waals surface area contributed by atoms with Gasteiger partial charge in [0.25, 0.3) is 5.56 Å². The molecule has 0 atom stereocenters. The number of allylic oxidation sites excluding steroid dienone is 2. The molecule has 1 heterocycles. The highest BCUT2D eigenvalue weighted by atomic mass is 16.1. The van der Waals surface area contributed by atoms with E-state index in [9.17, 15) is 4.79 Å². The van der Waals surface area contributed by atoms with E-state index < -0.39 is 0 Å². The summed E-state index contributed by atoms with van der Waals surface area (Å²) in [5, 5.41) is 0. The Balaban J connectivity index is 2.14. The van der Waals surface area contributed by atoms with Gasteiger partial charge in [-0.1, -0.05) is 93.4 Å². The highest BCUT2D eigenvalue weighted by Crippen LogP contribution is 2.25. The van der Waals surface area contributed by atoms with Gasteiger partial charge in [0.2, 0.25) is 0 Å². The third kappa shape index (κ3) is 4.89. The summed E-state index contributed by atoms with van der Waals surface area (Å²) in [4.78, 5) is 13.4. The van der Waals surface area contributed by atoms with Gasteiger partial charge in [0.15, 0.2) is 0 Å². The topological polar surface area (TPSA) is 22.0 Å². The Morgan fingerprint density at radius 1 is 0.893 bits per heavy atom. The number of hydrogen-bond donors (Lipinski definition) is 0. The number of aromatic nitrogens is 1. The van der Waals surface area contributed by atoms with E-state index in [1.54, 1.807) is 0 Å². The van der Waals surface area contributed by atoms with E-state index in [0.29, 0.717) is 6.54 Å². The van der Waals surface area contributed by atoms with E-state index in [0.717, 1.165) is 47.9 Å². The molecule has 0 N–H and O–H groups in total. The van der Waals surface area contributed by atoms with Gasteiger partial charge in [0.05, 0.1) is 6.54 Å². The predicted molar refractivity (Wildman–Crippen MR) is 119 cm³/mol. The fraction of sp³-hybridized carbons (Fsp3) is 0.269. The van der Waals surface area contributed by atoms with Crippen molar-refractivity contribution in [2.75, 3.05) is 0 Å². The summed E-state index contributed by atoms with van der Waals surface area (Å²) >= 11 is 0. The van der Waals surface area contributed by atoms with Gasteiger partial charge in [0, 0.05) is 11.8 Å². The Morgan fingerprint density at radius 3 is 2.21 bits per heavy atom. The minimum atomic E-state index is 0.0966. The minimum absolute atomic E-state index is 0.0966. The fourth-order valence-electron chi connectivity index (χ4n) is 3.49. The van der Waals surface area contributed by atoms with Gasteiger partial charge < -0.3 is 4.57 Å². The first-order chi connectivity index (χ1) is 13.7. The monoisotopic (exact) mass is 371 g/mol. The summed E-state index contributed by atoms with van der Waals surface area (Å²) in [6, 6.07) is 22.6. The fourth-order valence-corrected chi connectivity index (χ4v) is 3.49. The number of rotatable bonds is 8. The van der Waals surface area contributed by atoms with E-state index >= 15 is 0 Å². The summed E-state index contributed by atoms with van der Waals surface area (Å²) < 4.78 is 1.86. The molecule has 0 fully saturated rings. The molecule has 0 aliphatic heterocycles. The molecule has 0 spiro atoms. The van der Waals surface area contributed by atoms with Crippen molar-refractivity contribution in [3.05, 3.63) is 100 Å². The maximum atomic E-state index is 13.4. The molecule has 28 heavy (non-hydrogen) atoms. The van der Waals surface area contributed by atoms with Gasteiger partial charge in [-0.3, -0.25) is 4.79 Å². The standard InChI is InChI=1S/C26H29NO/c1-3-5-15-23(12-4-2)25-18-24(22-16-10-7-11-17-22)20-27(26(25)28)19-21-13-8-6-9-14-21/h6-11,13-18,20H,3-5,12,19H2,1-2H3/b23-15+. The van der Waals surface area contributed by atoms with Crippen LogP contribution in [-0.4, -0.2) is 4.57 Å². The molecule has 1 aromatic heterocycles. The normalized spacial score (nSPS) is 11.6. The second-order valence-electron chi connectivity index (χ2n) is 7.20. The zero-order valence-corrected chi connectivity index (χ0v) is 16.9. The molecule has 0 radical (unpaired) electrons. The molecule has 3 aromatic rings. The van der Waals surface area contributed by atoms with Crippen LogP contribution in [0.4, 0.5) is 0 Å². The molecule has 0 aliphatic carbocycles. The number of benzene rings is 2. The molecule has 0 amide bonds. The maximum Gasteiger partial charge on any atom is 0.258 e. The minimum Gasteiger partial charge on any atom is -0.310 e. The van der Waals surface area contributed by atoms with E-state index in [4.69, 9.17) is 0 Å². The largest absolute Gasteiger partial charge is 0.310 e. The third-order valence-electron chi connectivity index (χ3n) is 4.93. The molecule has 0 saturated heterocycles. The molecule has 0 unspecified atom stereocenters. The molecule has 2 nitrogen and oxygen atoms in total. The number of pyridine rings is 1. The summed E-state index contributed by atoms with van der Waals surface area (Å²) in [6.45, 7) is 4.93. The average Bonchev–Trinajstić information content (AvgIpc) is 2.74. The lowest BCUT2D eigenvalue weighted by molar-refractivity contribution is 0.756. The van der Waals surface area contributed by atoms with Crippen molar-refractivity contribution in [1.29, 1.82) is 0 Å². The van der Waals surface area contributed by atoms with Crippen molar-refractivity contribution in [3.8, 4) is 11.1 Å². The van der Waals surface area contributed by atoms with Crippen molar-refractivity contribution < 1.29 is 0 Å². The van der Waals surface area contributed by atoms with Crippen LogP contribution >= 0.6 is 0 Å². The van der Waals surface area contributed by atoms with Crippen LogP contribution in [0.3, 0.4) is 0 Å². The summed E-state index contributed by atoms with van der Waals surface area (Å²) in [6.07, 6.45) is 8.30. The van der Waals surface area contributed by atoms with E-state index in [-0.39, 0.29) is 5.56 Å². The number of hydrogen-bond acceptors (Lipinski definition) is 1. The number of nitrogens with zero attached hydrogens (tertiary/aromatic N) is 1. The highest BCUT2D eigenvalue weighted by molar-refractivity contribution is 5.71. The van der Waals surface area contributed by atoms with Crippen LogP contribution in [0.25, 0.3) is 16.7 Å². The maximum absolute atomic E-state index is 13.4. The summed E-state index contributed by atoms with van der Waals surface area (Å²) in [7, 11) is 0. The second kappa shape index (κ2) is 9.89. The van der Waals surface area contributed by atoms with Crippen molar-refractivity contribution in [3.63, 3.8) is 0 Å². The molecule has 144 valence electrons. The van der Waals surface area contributed by atoms with Crippen molar-refractivity contribution in [1.82, 2.24) is 4.57 Å². The van der Waals surface area contributed by atoms with E-state index in [2.05, 4.69) is 50.3 Å². The van der Waals surface area contributed by atoms with Crippen LogP contribution in [0.15, 0.2) is 83.8 Å². The first-order valence-electron chi connectivity index (χ1n) is 10.3. The molecular weight excluding hydrogens is 342 g/mol. The number of unbranched alkanes of at least 4 members (excludes halogenated alkanes) is 1. The molecule has 2 aromatic carbocycles. The van der Waals surface area contributed by atoms with E-state index in [1.807, 2.05) is 47.2 Å². The van der Waals surface area contributed by atoms with E-state index in [1.165, 1.54) is 5.57 Å². The lowest BCUT2D eigenvalue weighted by Gasteiger charge is -2.14. The zero-order valence-electron chi connectivity index (χ0n) is 16.9. The first-order valence-corrected chi connectivity index (χ1v) is 10.3. The molecule has 0 saturated carbocycles. The molecular formula is C26H29NO. The predicted octanol–water partition coefficient (Wildman–Crippen LogP) is 6.55. The summed E-state index contributed by atoms with van der Waals surface area (Å²) in [5.74, 6) is 0. The van der Waals surface area contributed by atoms with Crippen LogP contribution in [0, 0.1) is 0 Å². The van der Waals surface area contributed by atoms with Gasteiger partial charge in [-0.2, -0.15) is 0 Å². The molecule has 3 rings (SSSR count). The second-order valence-corrected chi connectivity index (χ2v) is 7.20. The Morgan fingerprint density at radius 2 is 1.57 bits per heavy atom. The van der Waals surface area contributed by atoms with Crippen molar-refractivity contribution in [2.24, 2.45) is 0 Å². The van der Waals surface area contributed by atoms with Crippen LogP contribution in [0.5, 0.6) is 0 Å². The highest BCUT2D eigenvalue weighted by Gasteiger charge is 2.12. The molecule has 0 aliphatic rings. The first kappa shape index (κ1) is 19.9. The van der Waals surface area contributed by atoms with Gasteiger partial charge in [0.1, 0.15) is 0 Å². The van der Waals surface area contributed by atoms with Crippen LogP contribution in [0.2, 0.25) is 0 Å². The lowest BCUT2D eigenvalue weighted by Crippen LogP contribution is -2.24. The van der Waals surface area contributed by atoms with Crippen LogP contribution in [-0.2, 0) is 6.54 Å². The molecule has 0 bridgehead atoms. The Hall–Kier alpha value is -2.87. The van der Waals surface area contributed by atoms with Crippen molar-refractivity contribution >= 4 is 5.57 Å². The summed E-state index contributed by atoms with van der Waals surface area (Å²) in [5.41, 5.74) is 5.47. The van der Waals surface area contributed by atoms with Crippen molar-refractivity contribution in [2.45, 2.75) is 46.1 Å². The van der Waals surface area contributed by atoms with Gasteiger partial charge in [-0.25, -0.2) is 0 Å². The SMILES string of the molecule is CCC/C=C(\CCC)c1cc(-c2ccccc2)cn(Cc2ccccc2)c1=O. The van der Waals surface area contributed by atoms with Gasteiger partial charge in [-0.15, -0.1) is 0 Å². The Kier molecular flexibility index (Phi) is 7.02. The zero-order chi connectivity index (χ0) is 19.8. The Bertz CT molecular complexity index is 968. The van der Waals surface area contributed by atoms with Gasteiger partial charge >= 0.3 is 0 Å². The third-order valence-corrected chi connectivity index (χ3v) is 4.93. The Labute approximate surface area is 168 Å². The molecule has 2 heteroatoms. The smallest absolute Gasteiger partial charge is 0.258 e. The lowest BCUT2D eigenvalue weighted by atomic mass is 9.97. The van der Waals surface area contributed by atoms with Crippen LogP contribution < -0.4 is 5.56 Å². The average molecular weight is 372 g/mol. The van der Waals surface area contributed by atoms with Crippen LogP contribution in [0.1, 0.15) is 50.7 Å². The van der Waals surface area contributed by atoms with Gasteiger partial charge in [-0.05, 0) is 41.2 Å². The quantitative estimate of drug-likeness (QED) is 0.440.